The first kappa shape index (κ1) is 12.3. The zero-order chi connectivity index (χ0) is 14.4. The van der Waals surface area contributed by atoms with Gasteiger partial charge >= 0.3 is 0 Å². The number of H-pyrrole nitrogens is 1. The van der Waals surface area contributed by atoms with Gasteiger partial charge in [-0.1, -0.05) is 6.07 Å². The number of aromatic amines is 1. The Morgan fingerprint density at radius 1 is 1.38 bits per heavy atom. The number of anilines is 1. The van der Waals surface area contributed by atoms with E-state index in [2.05, 4.69) is 20.4 Å². The van der Waals surface area contributed by atoms with Gasteiger partial charge in [-0.05, 0) is 30.7 Å². The minimum Gasteiger partial charge on any atom is -0.290 e. The maximum atomic E-state index is 12.3. The molecule has 7 nitrogen and oxygen atoms in total. The molecule has 3 aromatic rings. The van der Waals surface area contributed by atoms with E-state index in [0.717, 1.165) is 30.5 Å². The summed E-state index contributed by atoms with van der Waals surface area (Å²) >= 11 is 1.34. The average Bonchev–Trinajstić information content (AvgIpc) is 3.18. The summed E-state index contributed by atoms with van der Waals surface area (Å²) in [5, 5.41) is 7.25. The van der Waals surface area contributed by atoms with Crippen molar-refractivity contribution in [2.75, 3.05) is 5.32 Å². The van der Waals surface area contributed by atoms with Crippen LogP contribution in [0.25, 0.3) is 5.78 Å². The van der Waals surface area contributed by atoms with E-state index in [1.165, 1.54) is 15.9 Å². The Labute approximate surface area is 122 Å². The molecule has 3 aromatic heterocycles. The van der Waals surface area contributed by atoms with Gasteiger partial charge in [-0.25, -0.2) is 4.98 Å². The Balaban J connectivity index is 1.73. The average molecular weight is 301 g/mol. The summed E-state index contributed by atoms with van der Waals surface area (Å²) in [7, 11) is 0. The van der Waals surface area contributed by atoms with Gasteiger partial charge in [0, 0.05) is 5.56 Å². The lowest BCUT2D eigenvalue weighted by molar-refractivity contribution is 0.102. The number of thiophene rings is 1. The Hall–Kier alpha value is -2.48. The lowest BCUT2D eigenvalue weighted by Crippen LogP contribution is -2.20. The maximum absolute atomic E-state index is 12.3. The molecule has 0 saturated heterocycles. The van der Waals surface area contributed by atoms with Crippen molar-refractivity contribution in [1.82, 2.24) is 19.6 Å². The molecule has 106 valence electrons. The smallest absolute Gasteiger partial charge is 0.277 e. The number of aromatic nitrogens is 4. The monoisotopic (exact) mass is 301 g/mol. The van der Waals surface area contributed by atoms with Crippen molar-refractivity contribution in [3.05, 3.63) is 44.0 Å². The Morgan fingerprint density at radius 3 is 3.10 bits per heavy atom. The second-order valence-corrected chi connectivity index (χ2v) is 5.78. The summed E-state index contributed by atoms with van der Waals surface area (Å²) < 4.78 is 1.29. The number of hydrogen-bond acceptors (Lipinski definition) is 5. The van der Waals surface area contributed by atoms with Crippen LogP contribution in [0.5, 0.6) is 0 Å². The molecule has 0 radical (unpaired) electrons. The molecule has 0 fully saturated rings. The van der Waals surface area contributed by atoms with Gasteiger partial charge in [0.25, 0.3) is 17.2 Å². The normalized spacial score (nSPS) is 13.5. The molecule has 0 aliphatic heterocycles. The molecule has 2 N–H and O–H groups in total. The third-order valence-corrected chi connectivity index (χ3v) is 4.36. The van der Waals surface area contributed by atoms with Gasteiger partial charge in [0.15, 0.2) is 0 Å². The van der Waals surface area contributed by atoms with E-state index in [0.29, 0.717) is 10.7 Å². The number of fused-ring (bicyclic) bond motifs is 2. The number of amides is 1. The standard InChI is InChI=1S/C13H11N5O2S/c19-10(9-5-2-6-21-9)15-12-16-13-14-8-4-1-3-7(8)11(20)18(13)17-12/h2,5-6H,1,3-4H2,(H2,14,15,16,17,19). The number of carbonyl (C=O) groups is 1. The van der Waals surface area contributed by atoms with Crippen molar-refractivity contribution in [2.45, 2.75) is 19.3 Å². The highest BCUT2D eigenvalue weighted by molar-refractivity contribution is 7.12. The van der Waals surface area contributed by atoms with E-state index in [9.17, 15) is 9.59 Å². The Kier molecular flexibility index (Phi) is 2.64. The quantitative estimate of drug-likeness (QED) is 0.744. The van der Waals surface area contributed by atoms with Crippen molar-refractivity contribution in [2.24, 2.45) is 0 Å². The van der Waals surface area contributed by atoms with Crippen molar-refractivity contribution in [1.29, 1.82) is 0 Å². The van der Waals surface area contributed by atoms with E-state index in [-0.39, 0.29) is 17.4 Å². The van der Waals surface area contributed by atoms with Crippen LogP contribution in [-0.4, -0.2) is 25.5 Å². The molecule has 8 heteroatoms. The Morgan fingerprint density at radius 2 is 2.29 bits per heavy atom. The van der Waals surface area contributed by atoms with Gasteiger partial charge in [0.1, 0.15) is 0 Å². The van der Waals surface area contributed by atoms with Crippen LogP contribution in [0.3, 0.4) is 0 Å². The van der Waals surface area contributed by atoms with Gasteiger partial charge in [0.2, 0.25) is 5.95 Å². The summed E-state index contributed by atoms with van der Waals surface area (Å²) in [6, 6.07) is 3.52. The number of carbonyl (C=O) groups excluding carboxylic acids is 1. The number of aryl methyl sites for hydroxylation is 1. The molecule has 0 aromatic carbocycles. The van der Waals surface area contributed by atoms with Crippen LogP contribution >= 0.6 is 11.3 Å². The first-order valence-electron chi connectivity index (χ1n) is 6.58. The van der Waals surface area contributed by atoms with Crippen LogP contribution in [0, 0.1) is 0 Å². The fourth-order valence-electron chi connectivity index (χ4n) is 2.52. The summed E-state index contributed by atoms with van der Waals surface area (Å²) in [4.78, 5) is 33.4. The van der Waals surface area contributed by atoms with Crippen LogP contribution in [0.1, 0.15) is 27.3 Å². The van der Waals surface area contributed by atoms with Crippen LogP contribution in [0.2, 0.25) is 0 Å². The van der Waals surface area contributed by atoms with Gasteiger partial charge in [-0.3, -0.25) is 20.0 Å². The van der Waals surface area contributed by atoms with Gasteiger partial charge in [0.05, 0.1) is 10.6 Å². The highest BCUT2D eigenvalue weighted by Gasteiger charge is 2.20. The SMILES string of the molecule is O=C(Nc1nc2nc3c(c(=O)n2[nH]1)CCC3)c1cccs1. The molecule has 1 aliphatic carbocycles. The molecule has 21 heavy (non-hydrogen) atoms. The van der Waals surface area contributed by atoms with Crippen LogP contribution in [0.15, 0.2) is 22.3 Å². The summed E-state index contributed by atoms with van der Waals surface area (Å²) in [6.07, 6.45) is 2.51. The summed E-state index contributed by atoms with van der Waals surface area (Å²) in [5.41, 5.74) is 1.44. The van der Waals surface area contributed by atoms with Gasteiger partial charge < -0.3 is 0 Å². The van der Waals surface area contributed by atoms with Crippen molar-refractivity contribution >= 4 is 29.0 Å². The molecule has 0 atom stereocenters. The molecule has 0 spiro atoms. The zero-order valence-electron chi connectivity index (χ0n) is 10.9. The van der Waals surface area contributed by atoms with Crippen molar-refractivity contribution in [3.8, 4) is 0 Å². The summed E-state index contributed by atoms with van der Waals surface area (Å²) in [5.74, 6) is 0.258. The molecule has 1 amide bonds. The van der Waals surface area contributed by atoms with Crippen LogP contribution in [-0.2, 0) is 12.8 Å². The highest BCUT2D eigenvalue weighted by Crippen LogP contribution is 2.17. The second kappa shape index (κ2) is 4.52. The molecule has 0 saturated carbocycles. The molecule has 3 heterocycles. The number of nitrogens with zero attached hydrogens (tertiary/aromatic N) is 3. The topological polar surface area (TPSA) is 92.2 Å². The fourth-order valence-corrected chi connectivity index (χ4v) is 3.14. The first-order chi connectivity index (χ1) is 10.2. The van der Waals surface area contributed by atoms with E-state index >= 15 is 0 Å². The Bertz CT molecular complexity index is 893. The van der Waals surface area contributed by atoms with E-state index in [1.807, 2.05) is 5.38 Å². The number of nitrogens with one attached hydrogen (secondary N) is 2. The van der Waals surface area contributed by atoms with Crippen LogP contribution in [0.4, 0.5) is 5.95 Å². The second-order valence-electron chi connectivity index (χ2n) is 4.83. The number of rotatable bonds is 2. The van der Waals surface area contributed by atoms with E-state index in [1.54, 1.807) is 12.1 Å². The van der Waals surface area contributed by atoms with Gasteiger partial charge in [-0.2, -0.15) is 9.50 Å². The largest absolute Gasteiger partial charge is 0.290 e. The first-order valence-corrected chi connectivity index (χ1v) is 7.46. The predicted octanol–water partition coefficient (Wildman–Crippen LogP) is 1.22. The number of hydrogen-bond donors (Lipinski definition) is 2. The molecule has 1 aliphatic rings. The molecular weight excluding hydrogens is 290 g/mol. The maximum Gasteiger partial charge on any atom is 0.277 e. The lowest BCUT2D eigenvalue weighted by atomic mass is 10.3. The van der Waals surface area contributed by atoms with Crippen molar-refractivity contribution in [3.63, 3.8) is 0 Å². The molecule has 0 unspecified atom stereocenters. The van der Waals surface area contributed by atoms with Gasteiger partial charge in [-0.15, -0.1) is 11.3 Å². The minimum atomic E-state index is -0.260. The highest BCUT2D eigenvalue weighted by atomic mass is 32.1. The summed E-state index contributed by atoms with van der Waals surface area (Å²) in [6.45, 7) is 0. The predicted molar refractivity (Wildman–Crippen MR) is 77.9 cm³/mol. The third-order valence-electron chi connectivity index (χ3n) is 3.49. The fraction of sp³-hybridized carbons (Fsp3) is 0.231. The molecular formula is C13H11N5O2S. The van der Waals surface area contributed by atoms with E-state index in [4.69, 9.17) is 0 Å². The van der Waals surface area contributed by atoms with Crippen molar-refractivity contribution < 1.29 is 4.79 Å². The zero-order valence-corrected chi connectivity index (χ0v) is 11.7. The molecule has 4 rings (SSSR count). The molecule has 0 bridgehead atoms. The van der Waals surface area contributed by atoms with E-state index < -0.39 is 0 Å². The van der Waals surface area contributed by atoms with Crippen LogP contribution < -0.4 is 10.9 Å². The third kappa shape index (κ3) is 1.95. The minimum absolute atomic E-state index is 0.128. The lowest BCUT2D eigenvalue weighted by Gasteiger charge is -1.97.